The summed E-state index contributed by atoms with van der Waals surface area (Å²) >= 11 is 0. The van der Waals surface area contributed by atoms with Gasteiger partial charge in [0, 0.05) is 24.9 Å². The molecule has 0 radical (unpaired) electrons. The molecular weight excluding hydrogens is 222 g/mol. The predicted octanol–water partition coefficient (Wildman–Crippen LogP) is 1.21. The van der Waals surface area contributed by atoms with Crippen molar-refractivity contribution in [1.82, 2.24) is 4.90 Å². The predicted molar refractivity (Wildman–Crippen MR) is 60.7 cm³/mol. The molecule has 0 saturated carbocycles. The Hall–Kier alpha value is -1.10. The molecule has 2 fully saturated rings. The molecular formula is C12H19NO4. The van der Waals surface area contributed by atoms with Crippen LogP contribution in [0.4, 0.5) is 4.79 Å². The normalized spacial score (nSPS) is 23.5. The SMILES string of the molecule is CC(C)(C)OC(=O)N1CC2(COCC(=O)C2)C1. The maximum atomic E-state index is 11.7. The van der Waals surface area contributed by atoms with E-state index in [1.165, 1.54) is 0 Å². The second-order valence-electron chi connectivity index (χ2n) is 6.04. The van der Waals surface area contributed by atoms with Crippen molar-refractivity contribution in [2.75, 3.05) is 26.3 Å². The van der Waals surface area contributed by atoms with Gasteiger partial charge in [-0.25, -0.2) is 4.79 Å². The fourth-order valence-corrected chi connectivity index (χ4v) is 2.32. The zero-order valence-electron chi connectivity index (χ0n) is 10.6. The molecule has 1 amide bonds. The van der Waals surface area contributed by atoms with Gasteiger partial charge in [-0.2, -0.15) is 0 Å². The van der Waals surface area contributed by atoms with Crippen LogP contribution in [-0.4, -0.2) is 48.7 Å². The van der Waals surface area contributed by atoms with Crippen molar-refractivity contribution in [3.8, 4) is 0 Å². The van der Waals surface area contributed by atoms with Gasteiger partial charge in [-0.15, -0.1) is 0 Å². The van der Waals surface area contributed by atoms with Gasteiger partial charge < -0.3 is 14.4 Å². The summed E-state index contributed by atoms with van der Waals surface area (Å²) in [5.74, 6) is 0.125. The van der Waals surface area contributed by atoms with Crippen LogP contribution >= 0.6 is 0 Å². The molecule has 2 aliphatic heterocycles. The number of carbonyl (C=O) groups is 2. The Bertz CT molecular complexity index is 339. The largest absolute Gasteiger partial charge is 0.444 e. The second-order valence-corrected chi connectivity index (χ2v) is 6.04. The van der Waals surface area contributed by atoms with Crippen LogP contribution < -0.4 is 0 Å². The molecule has 0 aromatic heterocycles. The van der Waals surface area contributed by atoms with E-state index in [0.29, 0.717) is 26.1 Å². The number of carbonyl (C=O) groups excluding carboxylic acids is 2. The highest BCUT2D eigenvalue weighted by Crippen LogP contribution is 2.37. The number of nitrogens with zero attached hydrogens (tertiary/aromatic N) is 1. The van der Waals surface area contributed by atoms with E-state index in [4.69, 9.17) is 9.47 Å². The van der Waals surface area contributed by atoms with E-state index in [0.717, 1.165) is 0 Å². The molecule has 0 atom stereocenters. The number of Topliss-reactive ketones (excluding diaryl/α,β-unsaturated/α-hetero) is 1. The molecule has 0 N–H and O–H groups in total. The molecule has 0 aromatic carbocycles. The first-order valence-electron chi connectivity index (χ1n) is 5.87. The quantitative estimate of drug-likeness (QED) is 0.639. The van der Waals surface area contributed by atoms with Gasteiger partial charge in [0.25, 0.3) is 0 Å². The number of ketones is 1. The summed E-state index contributed by atoms with van der Waals surface area (Å²) in [7, 11) is 0. The Morgan fingerprint density at radius 3 is 2.59 bits per heavy atom. The minimum Gasteiger partial charge on any atom is -0.444 e. The highest BCUT2D eigenvalue weighted by Gasteiger charge is 2.49. The van der Waals surface area contributed by atoms with Gasteiger partial charge >= 0.3 is 6.09 Å². The zero-order chi connectivity index (χ0) is 12.7. The molecule has 2 aliphatic rings. The van der Waals surface area contributed by atoms with Crippen LogP contribution in [-0.2, 0) is 14.3 Å². The first kappa shape index (κ1) is 12.4. The summed E-state index contributed by atoms with van der Waals surface area (Å²) in [5, 5.41) is 0. The van der Waals surface area contributed by atoms with Gasteiger partial charge in [-0.1, -0.05) is 0 Å². The third-order valence-electron chi connectivity index (χ3n) is 2.95. The number of likely N-dealkylation sites (tertiary alicyclic amines) is 1. The first-order chi connectivity index (χ1) is 7.80. The van der Waals surface area contributed by atoms with Gasteiger partial charge in [0.2, 0.25) is 0 Å². The summed E-state index contributed by atoms with van der Waals surface area (Å²) in [5.41, 5.74) is -0.620. The smallest absolute Gasteiger partial charge is 0.410 e. The van der Waals surface area contributed by atoms with Crippen LogP contribution in [0.1, 0.15) is 27.2 Å². The fourth-order valence-electron chi connectivity index (χ4n) is 2.32. The van der Waals surface area contributed by atoms with E-state index in [1.54, 1.807) is 4.90 Å². The van der Waals surface area contributed by atoms with Gasteiger partial charge in [0.1, 0.15) is 12.2 Å². The lowest BCUT2D eigenvalue weighted by Crippen LogP contribution is -2.63. The topological polar surface area (TPSA) is 55.8 Å². The lowest BCUT2D eigenvalue weighted by molar-refractivity contribution is -0.147. The molecule has 17 heavy (non-hydrogen) atoms. The van der Waals surface area contributed by atoms with Crippen molar-refractivity contribution < 1.29 is 19.1 Å². The van der Waals surface area contributed by atoms with Crippen molar-refractivity contribution in [3.63, 3.8) is 0 Å². The van der Waals surface area contributed by atoms with Crippen molar-refractivity contribution >= 4 is 11.9 Å². The van der Waals surface area contributed by atoms with Gasteiger partial charge in [-0.3, -0.25) is 4.79 Å². The van der Waals surface area contributed by atoms with Crippen LogP contribution in [0, 0.1) is 5.41 Å². The average Bonchev–Trinajstić information content (AvgIpc) is 2.10. The van der Waals surface area contributed by atoms with E-state index in [9.17, 15) is 9.59 Å². The lowest BCUT2D eigenvalue weighted by atomic mass is 9.75. The zero-order valence-corrected chi connectivity index (χ0v) is 10.6. The summed E-state index contributed by atoms with van der Waals surface area (Å²) in [6.07, 6.45) is 0.216. The Balaban J connectivity index is 1.85. The minimum atomic E-state index is -0.473. The number of amides is 1. The molecule has 5 nitrogen and oxygen atoms in total. The minimum absolute atomic E-state index is 0.125. The Morgan fingerprint density at radius 2 is 2.06 bits per heavy atom. The van der Waals surface area contributed by atoms with Crippen molar-refractivity contribution in [1.29, 1.82) is 0 Å². The molecule has 2 rings (SSSR count). The summed E-state index contributed by atoms with van der Waals surface area (Å²) < 4.78 is 10.5. The first-order valence-corrected chi connectivity index (χ1v) is 5.87. The maximum Gasteiger partial charge on any atom is 0.410 e. The van der Waals surface area contributed by atoms with Crippen LogP contribution in [0.5, 0.6) is 0 Å². The van der Waals surface area contributed by atoms with Crippen molar-refractivity contribution in [2.45, 2.75) is 32.8 Å². The molecule has 0 aromatic rings. The highest BCUT2D eigenvalue weighted by molar-refractivity contribution is 5.81. The van der Waals surface area contributed by atoms with Crippen LogP contribution in [0.15, 0.2) is 0 Å². The van der Waals surface area contributed by atoms with Gasteiger partial charge in [0.05, 0.1) is 6.61 Å². The van der Waals surface area contributed by atoms with E-state index < -0.39 is 5.60 Å². The van der Waals surface area contributed by atoms with Crippen LogP contribution in [0.3, 0.4) is 0 Å². The molecule has 0 bridgehead atoms. The highest BCUT2D eigenvalue weighted by atomic mass is 16.6. The van der Waals surface area contributed by atoms with Gasteiger partial charge in [0.15, 0.2) is 5.78 Å². The summed E-state index contributed by atoms with van der Waals surface area (Å²) in [4.78, 5) is 24.7. The summed E-state index contributed by atoms with van der Waals surface area (Å²) in [6, 6.07) is 0. The Kier molecular flexibility index (Phi) is 2.89. The second kappa shape index (κ2) is 3.98. The van der Waals surface area contributed by atoms with E-state index in [-0.39, 0.29) is 23.9 Å². The number of rotatable bonds is 0. The Labute approximate surface area is 101 Å². The van der Waals surface area contributed by atoms with Crippen molar-refractivity contribution in [2.24, 2.45) is 5.41 Å². The molecule has 2 saturated heterocycles. The molecule has 5 heteroatoms. The summed E-state index contributed by atoms with van der Waals surface area (Å²) in [6.45, 7) is 7.43. The van der Waals surface area contributed by atoms with E-state index >= 15 is 0 Å². The van der Waals surface area contributed by atoms with Gasteiger partial charge in [-0.05, 0) is 20.8 Å². The third-order valence-corrected chi connectivity index (χ3v) is 2.95. The number of ether oxygens (including phenoxy) is 2. The van der Waals surface area contributed by atoms with Crippen LogP contribution in [0.25, 0.3) is 0 Å². The molecule has 1 spiro atoms. The third kappa shape index (κ3) is 2.77. The average molecular weight is 241 g/mol. The monoisotopic (exact) mass is 241 g/mol. The number of hydrogen-bond acceptors (Lipinski definition) is 4. The van der Waals surface area contributed by atoms with Crippen LogP contribution in [0.2, 0.25) is 0 Å². The molecule has 0 aliphatic carbocycles. The standard InChI is InChI=1S/C12H19NO4/c1-11(2,3)17-10(15)13-6-12(7-13)4-9(14)5-16-8-12/h4-8H2,1-3H3. The molecule has 2 heterocycles. The lowest BCUT2D eigenvalue weighted by Gasteiger charge is -2.50. The molecule has 96 valence electrons. The van der Waals surface area contributed by atoms with E-state index in [2.05, 4.69) is 0 Å². The maximum absolute atomic E-state index is 11.7. The Morgan fingerprint density at radius 1 is 1.41 bits per heavy atom. The fraction of sp³-hybridized carbons (Fsp3) is 0.833. The van der Waals surface area contributed by atoms with E-state index in [1.807, 2.05) is 20.8 Å². The number of hydrogen-bond donors (Lipinski definition) is 0. The molecule has 0 unspecified atom stereocenters. The van der Waals surface area contributed by atoms with Crippen molar-refractivity contribution in [3.05, 3.63) is 0 Å².